The molecule has 1 aliphatic heterocycles. The first-order chi connectivity index (χ1) is 13.7. The SMILES string of the molecule is Cc1cccc(NC(=O)CN2C(=O)N/C(=C/c3cc([N+](=O)[O-])ccc3Cl)C2=O)c1. The van der Waals surface area contributed by atoms with Crippen molar-refractivity contribution in [3.8, 4) is 0 Å². The lowest BCUT2D eigenvalue weighted by Gasteiger charge is -2.12. The molecule has 148 valence electrons. The minimum atomic E-state index is -0.776. The Kier molecular flexibility index (Phi) is 5.60. The molecule has 9 nitrogen and oxygen atoms in total. The molecule has 2 N–H and O–H groups in total. The van der Waals surface area contributed by atoms with Gasteiger partial charge in [0.05, 0.1) is 4.92 Å². The Bertz CT molecular complexity index is 1070. The topological polar surface area (TPSA) is 122 Å². The van der Waals surface area contributed by atoms with E-state index in [1.807, 2.05) is 13.0 Å². The van der Waals surface area contributed by atoms with E-state index in [9.17, 15) is 24.5 Å². The number of nitro groups is 1. The highest BCUT2D eigenvalue weighted by Gasteiger charge is 2.35. The zero-order chi connectivity index (χ0) is 21.1. The number of rotatable bonds is 5. The summed E-state index contributed by atoms with van der Waals surface area (Å²) in [5.41, 5.74) is 1.32. The van der Waals surface area contributed by atoms with E-state index < -0.39 is 29.3 Å². The molecule has 29 heavy (non-hydrogen) atoms. The van der Waals surface area contributed by atoms with Crippen molar-refractivity contribution < 1.29 is 19.3 Å². The van der Waals surface area contributed by atoms with Crippen LogP contribution in [0, 0.1) is 17.0 Å². The number of non-ortho nitro benzene ring substituents is 1. The van der Waals surface area contributed by atoms with E-state index in [0.29, 0.717) is 5.69 Å². The maximum Gasteiger partial charge on any atom is 0.329 e. The van der Waals surface area contributed by atoms with E-state index in [2.05, 4.69) is 10.6 Å². The van der Waals surface area contributed by atoms with Crippen molar-refractivity contribution in [2.75, 3.05) is 11.9 Å². The Morgan fingerprint density at radius 1 is 1.28 bits per heavy atom. The summed E-state index contributed by atoms with van der Waals surface area (Å²) in [6.07, 6.45) is 1.23. The summed E-state index contributed by atoms with van der Waals surface area (Å²) >= 11 is 6.02. The van der Waals surface area contributed by atoms with Crippen LogP contribution in [0.1, 0.15) is 11.1 Å². The van der Waals surface area contributed by atoms with E-state index in [0.717, 1.165) is 10.5 Å². The van der Waals surface area contributed by atoms with Gasteiger partial charge in [-0.05, 0) is 36.8 Å². The van der Waals surface area contributed by atoms with Gasteiger partial charge in [-0.25, -0.2) is 9.69 Å². The lowest BCUT2D eigenvalue weighted by atomic mass is 10.1. The highest BCUT2D eigenvalue weighted by atomic mass is 35.5. The van der Waals surface area contributed by atoms with Gasteiger partial charge in [-0.15, -0.1) is 0 Å². The standard InChI is InChI=1S/C19H15ClN4O5/c1-11-3-2-4-13(7-11)21-17(25)10-23-18(26)16(22-19(23)27)9-12-8-14(24(28)29)5-6-15(12)20/h2-9H,10H2,1H3,(H,21,25)(H,22,27)/b16-9+. The van der Waals surface area contributed by atoms with Crippen molar-refractivity contribution in [3.05, 3.63) is 74.4 Å². The monoisotopic (exact) mass is 414 g/mol. The van der Waals surface area contributed by atoms with Gasteiger partial charge in [-0.3, -0.25) is 19.7 Å². The van der Waals surface area contributed by atoms with E-state index in [1.165, 1.54) is 24.3 Å². The molecule has 0 unspecified atom stereocenters. The van der Waals surface area contributed by atoms with Crippen LogP contribution in [0.15, 0.2) is 48.2 Å². The van der Waals surface area contributed by atoms with E-state index in [1.54, 1.807) is 18.2 Å². The lowest BCUT2D eigenvalue weighted by molar-refractivity contribution is -0.384. The molecular weight excluding hydrogens is 400 g/mol. The number of carbonyl (C=O) groups excluding carboxylic acids is 3. The molecule has 0 saturated carbocycles. The van der Waals surface area contributed by atoms with Crippen molar-refractivity contribution in [3.63, 3.8) is 0 Å². The summed E-state index contributed by atoms with van der Waals surface area (Å²) in [6.45, 7) is 1.38. The second-order valence-electron chi connectivity index (χ2n) is 6.26. The largest absolute Gasteiger partial charge is 0.329 e. The predicted molar refractivity (Wildman–Crippen MR) is 106 cm³/mol. The number of carbonyl (C=O) groups is 3. The molecule has 2 aromatic rings. The summed E-state index contributed by atoms with van der Waals surface area (Å²) in [5.74, 6) is -1.29. The maximum atomic E-state index is 12.5. The van der Waals surface area contributed by atoms with Gasteiger partial charge in [0.15, 0.2) is 0 Å². The van der Waals surface area contributed by atoms with Crippen LogP contribution in [0.5, 0.6) is 0 Å². The zero-order valence-electron chi connectivity index (χ0n) is 15.1. The molecule has 0 aromatic heterocycles. The molecule has 1 saturated heterocycles. The molecule has 2 aromatic carbocycles. The lowest BCUT2D eigenvalue weighted by Crippen LogP contribution is -2.38. The van der Waals surface area contributed by atoms with Gasteiger partial charge < -0.3 is 10.6 Å². The minimum absolute atomic E-state index is 0.138. The molecule has 0 atom stereocenters. The van der Waals surface area contributed by atoms with Gasteiger partial charge in [-0.1, -0.05) is 23.7 Å². The number of benzene rings is 2. The highest BCUT2D eigenvalue weighted by molar-refractivity contribution is 6.32. The summed E-state index contributed by atoms with van der Waals surface area (Å²) in [7, 11) is 0. The number of nitro benzene ring substituents is 1. The Hall–Kier alpha value is -3.72. The number of nitrogens with zero attached hydrogens (tertiary/aromatic N) is 2. The van der Waals surface area contributed by atoms with E-state index in [-0.39, 0.29) is 22.0 Å². The van der Waals surface area contributed by atoms with Gasteiger partial charge in [0, 0.05) is 28.4 Å². The number of imide groups is 1. The molecule has 1 fully saturated rings. The third-order valence-electron chi connectivity index (χ3n) is 4.06. The quantitative estimate of drug-likeness (QED) is 0.337. The van der Waals surface area contributed by atoms with Gasteiger partial charge in [0.25, 0.3) is 11.6 Å². The summed E-state index contributed by atoms with van der Waals surface area (Å²) in [6, 6.07) is 10.0. The molecule has 0 radical (unpaired) electrons. The molecule has 4 amide bonds. The van der Waals surface area contributed by atoms with Crippen molar-refractivity contribution in [1.82, 2.24) is 10.2 Å². The van der Waals surface area contributed by atoms with E-state index in [4.69, 9.17) is 11.6 Å². The zero-order valence-corrected chi connectivity index (χ0v) is 15.9. The Labute approximate surface area is 170 Å². The van der Waals surface area contributed by atoms with E-state index >= 15 is 0 Å². The van der Waals surface area contributed by atoms with Crippen LogP contribution < -0.4 is 10.6 Å². The number of aryl methyl sites for hydroxylation is 1. The van der Waals surface area contributed by atoms with Crippen molar-refractivity contribution in [1.29, 1.82) is 0 Å². The second-order valence-corrected chi connectivity index (χ2v) is 6.67. The molecule has 0 spiro atoms. The third kappa shape index (κ3) is 4.58. The molecular formula is C19H15ClN4O5. The number of amides is 4. The number of halogens is 1. The van der Waals surface area contributed by atoms with Gasteiger partial charge in [0.1, 0.15) is 12.2 Å². The first kappa shape index (κ1) is 20.0. The summed E-state index contributed by atoms with van der Waals surface area (Å²) < 4.78 is 0. The maximum absolute atomic E-state index is 12.5. The molecule has 0 bridgehead atoms. The van der Waals surface area contributed by atoms with Crippen molar-refractivity contribution >= 4 is 46.9 Å². The second kappa shape index (κ2) is 8.11. The fraction of sp³-hybridized carbons (Fsp3) is 0.105. The Balaban J connectivity index is 1.76. The van der Waals surface area contributed by atoms with Crippen LogP contribution in [0.2, 0.25) is 5.02 Å². The van der Waals surface area contributed by atoms with Crippen molar-refractivity contribution in [2.24, 2.45) is 0 Å². The molecule has 0 aliphatic carbocycles. The predicted octanol–water partition coefficient (Wildman–Crippen LogP) is 3.09. The fourth-order valence-corrected chi connectivity index (χ4v) is 2.87. The molecule has 1 aliphatic rings. The first-order valence-electron chi connectivity index (χ1n) is 8.39. The normalized spacial score (nSPS) is 14.8. The highest BCUT2D eigenvalue weighted by Crippen LogP contribution is 2.25. The van der Waals surface area contributed by atoms with Crippen LogP contribution >= 0.6 is 11.6 Å². The van der Waals surface area contributed by atoms with Gasteiger partial charge >= 0.3 is 6.03 Å². The minimum Gasteiger partial charge on any atom is -0.325 e. The van der Waals surface area contributed by atoms with Gasteiger partial charge in [0.2, 0.25) is 5.91 Å². The molecule has 3 rings (SSSR count). The van der Waals surface area contributed by atoms with Crippen LogP contribution in [-0.4, -0.2) is 34.2 Å². The number of nitrogens with one attached hydrogen (secondary N) is 2. The number of hydrogen-bond donors (Lipinski definition) is 2. The van der Waals surface area contributed by atoms with Gasteiger partial charge in [-0.2, -0.15) is 0 Å². The van der Waals surface area contributed by atoms with Crippen LogP contribution in [0.4, 0.5) is 16.2 Å². The summed E-state index contributed by atoms with van der Waals surface area (Å²) in [4.78, 5) is 47.9. The Morgan fingerprint density at radius 2 is 2.03 bits per heavy atom. The third-order valence-corrected chi connectivity index (χ3v) is 4.40. The number of urea groups is 1. The van der Waals surface area contributed by atoms with Crippen LogP contribution in [0.25, 0.3) is 6.08 Å². The first-order valence-corrected chi connectivity index (χ1v) is 8.77. The number of hydrogen-bond acceptors (Lipinski definition) is 5. The van der Waals surface area contributed by atoms with Crippen LogP contribution in [-0.2, 0) is 9.59 Å². The molecule has 1 heterocycles. The molecule has 10 heteroatoms. The Morgan fingerprint density at radius 3 is 2.72 bits per heavy atom. The average Bonchev–Trinajstić information content (AvgIpc) is 2.90. The number of anilines is 1. The van der Waals surface area contributed by atoms with Crippen LogP contribution in [0.3, 0.4) is 0 Å². The smallest absolute Gasteiger partial charge is 0.325 e. The fourth-order valence-electron chi connectivity index (χ4n) is 2.69. The average molecular weight is 415 g/mol. The van der Waals surface area contributed by atoms with Crippen molar-refractivity contribution in [2.45, 2.75) is 6.92 Å². The summed E-state index contributed by atoms with van der Waals surface area (Å²) in [5, 5.41) is 16.0.